The fraction of sp³-hybridized carbons (Fsp3) is 0.500. The number of nitrogens with zero attached hydrogens (tertiary/aromatic N) is 7. The van der Waals surface area contributed by atoms with Crippen molar-refractivity contribution >= 4 is 46.6 Å². The molecule has 1 saturated carbocycles. The molecule has 8 rings (SSSR count). The lowest BCUT2D eigenvalue weighted by molar-refractivity contribution is -0.134. The second kappa shape index (κ2) is 15.7. The molecule has 0 spiro atoms. The Kier molecular flexibility index (Phi) is 10.8. The Hall–Kier alpha value is -4.75. The van der Waals surface area contributed by atoms with Crippen LogP contribution in [0.5, 0.6) is 0 Å². The van der Waals surface area contributed by atoms with Crippen LogP contribution in [0.25, 0.3) is 11.0 Å². The first-order valence-electron chi connectivity index (χ1n) is 18.8. The normalized spacial score (nSPS) is 20.9. The molecule has 1 aromatic carbocycles. The van der Waals surface area contributed by atoms with Crippen LogP contribution in [0.15, 0.2) is 54.9 Å². The van der Waals surface area contributed by atoms with Gasteiger partial charge in [-0.25, -0.2) is 14.4 Å². The number of hydrogen-bond acceptors (Lipinski definition) is 10. The third kappa shape index (κ3) is 8.41. The molecule has 3 aromatic heterocycles. The zero-order valence-electron chi connectivity index (χ0n) is 30.9. The number of fused-ring (bicyclic) bond motifs is 1. The van der Waals surface area contributed by atoms with Gasteiger partial charge in [0.15, 0.2) is 6.29 Å². The van der Waals surface area contributed by atoms with Crippen molar-refractivity contribution in [2.75, 3.05) is 64.1 Å². The van der Waals surface area contributed by atoms with E-state index in [0.29, 0.717) is 68.7 Å². The highest BCUT2D eigenvalue weighted by atomic mass is 19.1. The molecule has 3 saturated heterocycles. The quantitative estimate of drug-likeness (QED) is 0.166. The second-order valence-corrected chi connectivity index (χ2v) is 15.5. The molecule has 1 aliphatic carbocycles. The number of imide groups is 1. The van der Waals surface area contributed by atoms with Gasteiger partial charge in [-0.15, -0.1) is 0 Å². The SMILES string of the molecule is CN(C)C.O=Cc1cc2cnc(Nc3ccc(N4CCC(F)(CN5CC(c6ccc(C7CCC(=O)NC7=O)cc6)C5)CC4)cn3)nc2n1C1CCCC1. The summed E-state index contributed by atoms with van der Waals surface area (Å²) in [6, 6.07) is 14.2. The van der Waals surface area contributed by atoms with Gasteiger partial charge in [0.2, 0.25) is 17.8 Å². The van der Waals surface area contributed by atoms with Gasteiger partial charge in [0, 0.05) is 75.5 Å². The van der Waals surface area contributed by atoms with Gasteiger partial charge in [0.25, 0.3) is 0 Å². The summed E-state index contributed by atoms with van der Waals surface area (Å²) in [5.41, 5.74) is 3.28. The maximum absolute atomic E-state index is 16.0. The highest BCUT2D eigenvalue weighted by Gasteiger charge is 2.40. The number of piperidine rings is 2. The number of likely N-dealkylation sites (tertiary alicyclic amines) is 1. The predicted octanol–water partition coefficient (Wildman–Crippen LogP) is 5.60. The average molecular weight is 724 g/mol. The summed E-state index contributed by atoms with van der Waals surface area (Å²) in [7, 11) is 6.00. The Morgan fingerprint density at radius 3 is 2.30 bits per heavy atom. The summed E-state index contributed by atoms with van der Waals surface area (Å²) in [5.74, 6) is 0.710. The number of aldehydes is 1. The van der Waals surface area contributed by atoms with Crippen LogP contribution in [-0.2, 0) is 9.59 Å². The third-order valence-electron chi connectivity index (χ3n) is 10.9. The highest BCUT2D eigenvalue weighted by Crippen LogP contribution is 2.37. The number of hydrogen-bond donors (Lipinski definition) is 2. The molecule has 4 aromatic rings. The first-order chi connectivity index (χ1) is 25.6. The molecule has 12 nitrogen and oxygen atoms in total. The monoisotopic (exact) mass is 723 g/mol. The van der Waals surface area contributed by atoms with E-state index in [1.807, 2.05) is 62.6 Å². The molecule has 0 bridgehead atoms. The summed E-state index contributed by atoms with van der Waals surface area (Å²) in [5, 5.41) is 6.49. The Balaban J connectivity index is 0.00000104. The number of aromatic nitrogens is 4. The van der Waals surface area contributed by atoms with E-state index in [9.17, 15) is 14.4 Å². The van der Waals surface area contributed by atoms with Crippen molar-refractivity contribution in [1.29, 1.82) is 0 Å². The van der Waals surface area contributed by atoms with E-state index in [4.69, 9.17) is 4.98 Å². The van der Waals surface area contributed by atoms with Crippen LogP contribution in [-0.4, -0.2) is 107 Å². The van der Waals surface area contributed by atoms with Crippen molar-refractivity contribution in [3.05, 3.63) is 71.7 Å². The van der Waals surface area contributed by atoms with Gasteiger partial charge in [-0.3, -0.25) is 24.6 Å². The van der Waals surface area contributed by atoms with Crippen molar-refractivity contribution < 1.29 is 18.8 Å². The first kappa shape index (κ1) is 36.6. The van der Waals surface area contributed by atoms with Crippen molar-refractivity contribution in [2.45, 2.75) is 74.9 Å². The van der Waals surface area contributed by atoms with Gasteiger partial charge < -0.3 is 19.7 Å². The summed E-state index contributed by atoms with van der Waals surface area (Å²) >= 11 is 0. The van der Waals surface area contributed by atoms with Gasteiger partial charge in [-0.2, -0.15) is 4.98 Å². The van der Waals surface area contributed by atoms with E-state index in [1.54, 1.807) is 6.20 Å². The zero-order valence-corrected chi connectivity index (χ0v) is 30.9. The fourth-order valence-corrected chi connectivity index (χ4v) is 8.13. The smallest absolute Gasteiger partial charge is 0.234 e. The number of pyridine rings is 1. The summed E-state index contributed by atoms with van der Waals surface area (Å²) in [6.07, 6.45) is 10.7. The van der Waals surface area contributed by atoms with Crippen molar-refractivity contribution in [2.24, 2.45) is 0 Å². The van der Waals surface area contributed by atoms with Gasteiger partial charge >= 0.3 is 0 Å². The van der Waals surface area contributed by atoms with E-state index < -0.39 is 5.67 Å². The maximum Gasteiger partial charge on any atom is 0.234 e. The Morgan fingerprint density at radius 1 is 0.962 bits per heavy atom. The minimum absolute atomic E-state index is 0.203. The molecule has 2 amide bonds. The number of rotatable bonds is 9. The Bertz CT molecular complexity index is 1910. The lowest BCUT2D eigenvalue weighted by atomic mass is 9.85. The molecular weight excluding hydrogens is 673 g/mol. The molecule has 53 heavy (non-hydrogen) atoms. The van der Waals surface area contributed by atoms with Crippen LogP contribution < -0.4 is 15.5 Å². The third-order valence-corrected chi connectivity index (χ3v) is 10.9. The summed E-state index contributed by atoms with van der Waals surface area (Å²) in [4.78, 5) is 55.7. The molecule has 13 heteroatoms. The topological polar surface area (TPSA) is 129 Å². The number of carbonyl (C=O) groups is 3. The minimum atomic E-state index is -1.22. The number of halogens is 1. The second-order valence-electron chi connectivity index (χ2n) is 15.5. The van der Waals surface area contributed by atoms with Crippen LogP contribution in [0.1, 0.15) is 90.9 Å². The Morgan fingerprint density at radius 2 is 1.66 bits per heavy atom. The number of amides is 2. The number of benzene rings is 1. The van der Waals surface area contributed by atoms with Gasteiger partial charge in [0.05, 0.1) is 23.5 Å². The highest BCUT2D eigenvalue weighted by molar-refractivity contribution is 6.00. The molecule has 4 aliphatic rings. The minimum Gasteiger partial charge on any atom is -0.370 e. The zero-order chi connectivity index (χ0) is 37.1. The molecule has 2 N–H and O–H groups in total. The lowest BCUT2D eigenvalue weighted by Gasteiger charge is -2.45. The van der Waals surface area contributed by atoms with Gasteiger partial charge in [-0.05, 0) is 69.7 Å². The number of anilines is 3. The van der Waals surface area contributed by atoms with Crippen LogP contribution in [0.2, 0.25) is 0 Å². The van der Waals surface area contributed by atoms with Crippen LogP contribution in [0, 0.1) is 0 Å². The molecule has 1 unspecified atom stereocenters. The molecular formula is C40H50FN9O3. The van der Waals surface area contributed by atoms with E-state index in [2.05, 4.69) is 47.1 Å². The van der Waals surface area contributed by atoms with Crippen LogP contribution >= 0.6 is 0 Å². The molecule has 280 valence electrons. The number of nitrogens with one attached hydrogen (secondary N) is 2. The van der Waals surface area contributed by atoms with E-state index >= 15 is 4.39 Å². The van der Waals surface area contributed by atoms with Gasteiger partial charge in [-0.1, -0.05) is 37.1 Å². The standard InChI is InChI=1S/C37H41FN8O3.C3H9N/c38-37(23-44-20-27(21-44)24-5-7-25(8-6-24)31-10-12-33(48)42-35(31)49)13-15-45(16-14-37)29-9-11-32(39-19-29)41-36-40-18-26-17-30(22-47)46(34(26)43-36)28-3-1-2-4-28;1-4(2)3/h5-9,11,17-19,22,27-28,31H,1-4,10,12-16,20-21,23H2,(H,42,48,49)(H,39,40,41,43);1-3H3. The van der Waals surface area contributed by atoms with Gasteiger partial charge in [0.1, 0.15) is 17.1 Å². The maximum atomic E-state index is 16.0. The van der Waals surface area contributed by atoms with Crippen molar-refractivity contribution in [3.8, 4) is 0 Å². The summed E-state index contributed by atoms with van der Waals surface area (Å²) < 4.78 is 18.0. The average Bonchev–Trinajstić information content (AvgIpc) is 3.78. The number of alkyl halides is 1. The van der Waals surface area contributed by atoms with Crippen molar-refractivity contribution in [1.82, 2.24) is 34.6 Å². The first-order valence-corrected chi connectivity index (χ1v) is 18.8. The van der Waals surface area contributed by atoms with Crippen LogP contribution in [0.4, 0.5) is 21.8 Å². The molecule has 6 heterocycles. The lowest BCUT2D eigenvalue weighted by Crippen LogP contribution is -2.54. The van der Waals surface area contributed by atoms with Crippen molar-refractivity contribution in [3.63, 3.8) is 0 Å². The Labute approximate surface area is 310 Å². The van der Waals surface area contributed by atoms with E-state index in [0.717, 1.165) is 67.3 Å². The predicted molar refractivity (Wildman–Crippen MR) is 204 cm³/mol. The molecule has 4 fully saturated rings. The molecule has 3 aliphatic heterocycles. The fourth-order valence-electron chi connectivity index (χ4n) is 8.13. The summed E-state index contributed by atoms with van der Waals surface area (Å²) in [6.45, 7) is 3.34. The molecule has 0 radical (unpaired) electrons. The van der Waals surface area contributed by atoms with E-state index in [-0.39, 0.29) is 23.8 Å². The largest absolute Gasteiger partial charge is 0.370 e. The number of carbonyl (C=O) groups excluding carboxylic acids is 3. The molecule has 1 atom stereocenters. The van der Waals surface area contributed by atoms with Crippen LogP contribution in [0.3, 0.4) is 0 Å². The van der Waals surface area contributed by atoms with E-state index in [1.165, 1.54) is 5.56 Å².